The third kappa shape index (κ3) is 6.47. The van der Waals surface area contributed by atoms with Crippen LogP contribution in [0, 0.1) is 0 Å². The Kier molecular flexibility index (Phi) is 8.01. The lowest BCUT2D eigenvalue weighted by Crippen LogP contribution is -2.40. The Morgan fingerprint density at radius 3 is 2.75 bits per heavy atom. The number of nitrogens with one attached hydrogen (secondary N) is 3. The number of carbonyl (C=O) groups excluding carboxylic acids is 1. The second-order valence-corrected chi connectivity index (χ2v) is 7.22. The smallest absolute Gasteiger partial charge is 0.242 e. The highest BCUT2D eigenvalue weighted by atomic mass is 32.1. The summed E-state index contributed by atoms with van der Waals surface area (Å²) in [5.41, 5.74) is 0. The van der Waals surface area contributed by atoms with Crippen LogP contribution < -0.4 is 16.0 Å². The monoisotopic (exact) mass is 351 g/mol. The Hall–Kier alpha value is -1.63. The Balaban J connectivity index is 1.79. The van der Waals surface area contributed by atoms with Gasteiger partial charge in [-0.25, -0.2) is 9.98 Å². The second kappa shape index (κ2) is 10.3. The number of hydrogen-bond donors (Lipinski definition) is 3. The lowest BCUT2D eigenvalue weighted by molar-refractivity contribution is -0.120. The predicted octanol–water partition coefficient (Wildman–Crippen LogP) is 2.21. The fourth-order valence-electron chi connectivity index (χ4n) is 2.77. The minimum absolute atomic E-state index is 0.00150. The van der Waals surface area contributed by atoms with E-state index in [0.29, 0.717) is 18.5 Å². The Morgan fingerprint density at radius 1 is 1.29 bits per heavy atom. The number of aryl methyl sites for hydroxylation is 1. The highest BCUT2D eigenvalue weighted by molar-refractivity contribution is 7.11. The van der Waals surface area contributed by atoms with Crippen molar-refractivity contribution < 1.29 is 4.79 Å². The first-order chi connectivity index (χ1) is 11.7. The van der Waals surface area contributed by atoms with E-state index in [9.17, 15) is 4.79 Å². The molecule has 0 radical (unpaired) electrons. The van der Waals surface area contributed by atoms with Crippen molar-refractivity contribution in [3.8, 4) is 0 Å². The number of guanidine groups is 1. The van der Waals surface area contributed by atoms with Crippen LogP contribution in [0.25, 0.3) is 0 Å². The fourth-order valence-corrected chi connectivity index (χ4v) is 3.57. The summed E-state index contributed by atoms with van der Waals surface area (Å²) in [7, 11) is 0. The molecule has 6 nitrogen and oxygen atoms in total. The maximum absolute atomic E-state index is 12.1. The lowest BCUT2D eigenvalue weighted by Gasteiger charge is -2.22. The first kappa shape index (κ1) is 18.7. The third-order valence-corrected chi connectivity index (χ3v) is 5.19. The standard InChI is InChI=1S/C17H29N5OS/c1-3-14-10-19-16(24-14)12-21-17(18-4-2)20-11-15(23)22-13-8-6-5-7-9-13/h10,13H,3-9,11-12H2,1-2H3,(H,22,23)(H2,18,20,21). The molecular formula is C17H29N5OS. The average Bonchev–Trinajstić information content (AvgIpc) is 3.06. The minimum atomic E-state index is 0.00150. The van der Waals surface area contributed by atoms with E-state index in [1.807, 2.05) is 13.1 Å². The topological polar surface area (TPSA) is 78.4 Å². The number of aromatic nitrogens is 1. The molecule has 0 atom stereocenters. The number of nitrogens with zero attached hydrogens (tertiary/aromatic N) is 2. The van der Waals surface area contributed by atoms with Crippen LogP contribution >= 0.6 is 11.3 Å². The molecule has 1 aromatic heterocycles. The van der Waals surface area contributed by atoms with Crippen molar-refractivity contribution in [3.05, 3.63) is 16.1 Å². The van der Waals surface area contributed by atoms with E-state index in [4.69, 9.17) is 0 Å². The maximum Gasteiger partial charge on any atom is 0.242 e. The fraction of sp³-hybridized carbons (Fsp3) is 0.706. The van der Waals surface area contributed by atoms with Crippen molar-refractivity contribution in [2.75, 3.05) is 13.1 Å². The Morgan fingerprint density at radius 2 is 2.08 bits per heavy atom. The third-order valence-electron chi connectivity index (χ3n) is 4.05. The van der Waals surface area contributed by atoms with Gasteiger partial charge in [-0.05, 0) is 26.2 Å². The minimum Gasteiger partial charge on any atom is -0.357 e. The van der Waals surface area contributed by atoms with Crippen molar-refractivity contribution in [3.63, 3.8) is 0 Å². The zero-order valence-electron chi connectivity index (χ0n) is 14.7. The van der Waals surface area contributed by atoms with E-state index in [1.54, 1.807) is 11.3 Å². The number of carbonyl (C=O) groups is 1. The van der Waals surface area contributed by atoms with Gasteiger partial charge in [0.25, 0.3) is 0 Å². The molecule has 1 aromatic rings. The number of rotatable bonds is 7. The highest BCUT2D eigenvalue weighted by Gasteiger charge is 2.15. The summed E-state index contributed by atoms with van der Waals surface area (Å²) in [6.45, 7) is 5.68. The van der Waals surface area contributed by atoms with Crippen LogP contribution in [-0.4, -0.2) is 36.0 Å². The van der Waals surface area contributed by atoms with E-state index < -0.39 is 0 Å². The van der Waals surface area contributed by atoms with Crippen LogP contribution in [0.1, 0.15) is 55.8 Å². The average molecular weight is 352 g/mol. The van der Waals surface area contributed by atoms with Crippen molar-refractivity contribution in [2.24, 2.45) is 4.99 Å². The molecule has 3 N–H and O–H groups in total. The summed E-state index contributed by atoms with van der Waals surface area (Å²) in [5, 5.41) is 10.5. The molecule has 1 amide bonds. The van der Waals surface area contributed by atoms with Gasteiger partial charge in [-0.1, -0.05) is 26.2 Å². The van der Waals surface area contributed by atoms with Crippen LogP contribution in [-0.2, 0) is 17.8 Å². The maximum atomic E-state index is 12.1. The zero-order valence-corrected chi connectivity index (χ0v) is 15.5. The van der Waals surface area contributed by atoms with Crippen molar-refractivity contribution >= 4 is 23.2 Å². The summed E-state index contributed by atoms with van der Waals surface area (Å²) in [6.07, 6.45) is 8.83. The number of amides is 1. The largest absolute Gasteiger partial charge is 0.357 e. The molecule has 0 unspecified atom stereocenters. The molecule has 24 heavy (non-hydrogen) atoms. The quantitative estimate of drug-likeness (QED) is 0.520. The van der Waals surface area contributed by atoms with Gasteiger partial charge < -0.3 is 16.0 Å². The predicted molar refractivity (Wildman–Crippen MR) is 99.3 cm³/mol. The lowest BCUT2D eigenvalue weighted by atomic mass is 9.95. The molecule has 1 heterocycles. The van der Waals surface area contributed by atoms with Crippen LogP contribution in [0.5, 0.6) is 0 Å². The molecule has 1 saturated carbocycles. The van der Waals surface area contributed by atoms with Crippen LogP contribution in [0.2, 0.25) is 0 Å². The molecule has 134 valence electrons. The molecule has 7 heteroatoms. The summed E-state index contributed by atoms with van der Waals surface area (Å²) in [4.78, 5) is 22.1. The molecule has 0 aromatic carbocycles. The summed E-state index contributed by atoms with van der Waals surface area (Å²) in [6, 6.07) is 0.333. The molecule has 1 fully saturated rings. The molecule has 0 bridgehead atoms. The molecule has 2 rings (SSSR count). The van der Waals surface area contributed by atoms with E-state index in [0.717, 1.165) is 30.8 Å². The van der Waals surface area contributed by atoms with Gasteiger partial charge in [-0.15, -0.1) is 11.3 Å². The summed E-state index contributed by atoms with van der Waals surface area (Å²) in [5.74, 6) is 0.658. The molecule has 0 spiro atoms. The van der Waals surface area contributed by atoms with Gasteiger partial charge in [0.2, 0.25) is 5.91 Å². The van der Waals surface area contributed by atoms with Gasteiger partial charge in [0.15, 0.2) is 5.96 Å². The first-order valence-corrected chi connectivity index (χ1v) is 9.78. The van der Waals surface area contributed by atoms with Crippen molar-refractivity contribution in [1.82, 2.24) is 20.9 Å². The SMILES string of the molecule is CCNC(=NCC(=O)NC1CCCCC1)NCc1ncc(CC)s1. The van der Waals surface area contributed by atoms with Gasteiger partial charge in [0, 0.05) is 23.7 Å². The van der Waals surface area contributed by atoms with Gasteiger partial charge in [-0.3, -0.25) is 4.79 Å². The van der Waals surface area contributed by atoms with Crippen LogP contribution in [0.3, 0.4) is 0 Å². The second-order valence-electron chi connectivity index (χ2n) is 6.03. The van der Waals surface area contributed by atoms with E-state index in [-0.39, 0.29) is 12.5 Å². The van der Waals surface area contributed by atoms with E-state index >= 15 is 0 Å². The van der Waals surface area contributed by atoms with Crippen LogP contribution in [0.4, 0.5) is 0 Å². The molecule has 0 aliphatic heterocycles. The molecular weight excluding hydrogens is 322 g/mol. The highest BCUT2D eigenvalue weighted by Crippen LogP contribution is 2.17. The number of aliphatic imine (C=N–C) groups is 1. The van der Waals surface area contributed by atoms with Gasteiger partial charge >= 0.3 is 0 Å². The van der Waals surface area contributed by atoms with Gasteiger partial charge in [-0.2, -0.15) is 0 Å². The molecule has 1 aliphatic carbocycles. The molecule has 1 aliphatic rings. The summed E-state index contributed by atoms with van der Waals surface area (Å²) < 4.78 is 0. The van der Waals surface area contributed by atoms with Gasteiger partial charge in [0.1, 0.15) is 11.6 Å². The zero-order chi connectivity index (χ0) is 17.2. The normalized spacial score (nSPS) is 16.0. The van der Waals surface area contributed by atoms with Crippen LogP contribution in [0.15, 0.2) is 11.2 Å². The van der Waals surface area contributed by atoms with E-state index in [2.05, 4.69) is 32.9 Å². The Bertz CT molecular complexity index is 537. The molecule has 0 saturated heterocycles. The number of thiazole rings is 1. The summed E-state index contributed by atoms with van der Waals surface area (Å²) >= 11 is 1.70. The first-order valence-electron chi connectivity index (χ1n) is 8.96. The Labute approximate surface area is 148 Å². The van der Waals surface area contributed by atoms with Crippen molar-refractivity contribution in [1.29, 1.82) is 0 Å². The van der Waals surface area contributed by atoms with Gasteiger partial charge in [0.05, 0.1) is 6.54 Å². The van der Waals surface area contributed by atoms with Crippen molar-refractivity contribution in [2.45, 2.75) is 65.0 Å². The number of hydrogen-bond acceptors (Lipinski definition) is 4. The van der Waals surface area contributed by atoms with E-state index in [1.165, 1.54) is 24.1 Å².